The van der Waals surface area contributed by atoms with Gasteiger partial charge in [-0.25, -0.2) is 0 Å². The van der Waals surface area contributed by atoms with Gasteiger partial charge in [0.2, 0.25) is 0 Å². The molecule has 1 nitrogen and oxygen atoms in total. The number of hydrogen-bond donors (Lipinski definition) is 0. The van der Waals surface area contributed by atoms with E-state index in [0.29, 0.717) is 5.92 Å². The molecule has 0 amide bonds. The third-order valence-electron chi connectivity index (χ3n) is 1.28. The Morgan fingerprint density at radius 1 is 1.30 bits per heavy atom. The van der Waals surface area contributed by atoms with Crippen LogP contribution >= 0.6 is 0 Å². The van der Waals surface area contributed by atoms with Gasteiger partial charge in [0.05, 0.1) is 0 Å². The van der Waals surface area contributed by atoms with E-state index in [0.717, 1.165) is 5.69 Å². The van der Waals surface area contributed by atoms with Crippen LogP contribution in [0.4, 0.5) is 0 Å². The van der Waals surface area contributed by atoms with Crippen LogP contribution in [0.15, 0.2) is 24.4 Å². The van der Waals surface area contributed by atoms with Crippen LogP contribution in [0.2, 0.25) is 0 Å². The summed E-state index contributed by atoms with van der Waals surface area (Å²) >= 11 is 0. The molecule has 1 heterocycles. The first-order valence-corrected chi connectivity index (χ1v) is 3.21. The predicted molar refractivity (Wildman–Crippen MR) is 38.3 cm³/mol. The molecule has 0 unspecified atom stereocenters. The molecule has 0 N–H and O–H groups in total. The number of nitrogens with zero attached hydrogens (tertiary/aromatic N) is 1. The minimum absolute atomic E-state index is 0. The number of aromatic nitrogens is 1. The molecule has 0 atom stereocenters. The van der Waals surface area contributed by atoms with Gasteiger partial charge < -0.3 is 0 Å². The van der Waals surface area contributed by atoms with E-state index in [9.17, 15) is 0 Å². The van der Waals surface area contributed by atoms with Crippen molar-refractivity contribution in [2.24, 2.45) is 0 Å². The molecular weight excluding hydrogens is 169 g/mol. The zero-order valence-electron chi connectivity index (χ0n) is 6.17. The minimum atomic E-state index is 0. The smallest absolute Gasteiger partial charge is 0.0428 e. The minimum Gasteiger partial charge on any atom is -0.261 e. The van der Waals surface area contributed by atoms with Crippen LogP contribution in [0.3, 0.4) is 0 Å². The zero-order chi connectivity index (χ0) is 6.69. The average Bonchev–Trinajstić information content (AvgIpc) is 1.90. The van der Waals surface area contributed by atoms with E-state index in [4.69, 9.17) is 0 Å². The Bertz CT molecular complexity index is 172. The summed E-state index contributed by atoms with van der Waals surface area (Å²) in [5.41, 5.74) is 1.16. The number of pyridine rings is 1. The van der Waals surface area contributed by atoms with Crippen LogP contribution in [-0.2, 0) is 16.8 Å². The Morgan fingerprint density at radius 3 is 2.30 bits per heavy atom. The first-order chi connectivity index (χ1) is 4.30. The van der Waals surface area contributed by atoms with Crippen molar-refractivity contribution in [2.45, 2.75) is 19.8 Å². The standard InChI is InChI=1S/C8H11N.Co/c1-7(2)8-5-3-4-6-9-8;/h3-7H,1-2H3;. The topological polar surface area (TPSA) is 12.9 Å². The van der Waals surface area contributed by atoms with E-state index in [-0.39, 0.29) is 16.8 Å². The van der Waals surface area contributed by atoms with Gasteiger partial charge in [0.15, 0.2) is 0 Å². The molecule has 0 aliphatic rings. The molecule has 0 saturated heterocycles. The molecule has 0 bridgehead atoms. The third kappa shape index (κ3) is 2.50. The average molecular weight is 180 g/mol. The van der Waals surface area contributed by atoms with E-state index in [1.54, 1.807) is 0 Å². The molecule has 0 fully saturated rings. The summed E-state index contributed by atoms with van der Waals surface area (Å²) in [6.07, 6.45) is 1.83. The van der Waals surface area contributed by atoms with Gasteiger partial charge in [-0.1, -0.05) is 19.9 Å². The summed E-state index contributed by atoms with van der Waals surface area (Å²) in [5.74, 6) is 0.547. The fourth-order valence-corrected chi connectivity index (χ4v) is 0.717. The van der Waals surface area contributed by atoms with E-state index >= 15 is 0 Å². The Labute approximate surface area is 72.1 Å². The number of hydrogen-bond acceptors (Lipinski definition) is 1. The molecule has 0 spiro atoms. The van der Waals surface area contributed by atoms with Crippen molar-refractivity contribution in [3.8, 4) is 0 Å². The van der Waals surface area contributed by atoms with Gasteiger partial charge in [0, 0.05) is 28.7 Å². The molecule has 1 rings (SSSR count). The van der Waals surface area contributed by atoms with Crippen LogP contribution in [0.5, 0.6) is 0 Å². The maximum atomic E-state index is 4.18. The Kier molecular flexibility index (Phi) is 4.32. The van der Waals surface area contributed by atoms with Gasteiger partial charge in [0.25, 0.3) is 0 Å². The van der Waals surface area contributed by atoms with Crippen LogP contribution in [0.1, 0.15) is 25.5 Å². The van der Waals surface area contributed by atoms with Gasteiger partial charge in [-0.15, -0.1) is 0 Å². The van der Waals surface area contributed by atoms with Crippen LogP contribution in [-0.4, -0.2) is 4.98 Å². The molecule has 0 aromatic carbocycles. The van der Waals surface area contributed by atoms with E-state index in [1.165, 1.54) is 0 Å². The summed E-state index contributed by atoms with van der Waals surface area (Å²) in [5, 5.41) is 0. The largest absolute Gasteiger partial charge is 0.261 e. The van der Waals surface area contributed by atoms with Crippen molar-refractivity contribution < 1.29 is 16.8 Å². The fraction of sp³-hybridized carbons (Fsp3) is 0.375. The molecule has 57 valence electrons. The van der Waals surface area contributed by atoms with Crippen LogP contribution < -0.4 is 0 Å². The maximum absolute atomic E-state index is 4.18. The first-order valence-electron chi connectivity index (χ1n) is 3.21. The number of rotatable bonds is 1. The second kappa shape index (κ2) is 4.47. The van der Waals surface area contributed by atoms with E-state index in [2.05, 4.69) is 18.8 Å². The van der Waals surface area contributed by atoms with Gasteiger partial charge >= 0.3 is 0 Å². The second-order valence-corrected chi connectivity index (χ2v) is 2.41. The molecule has 10 heavy (non-hydrogen) atoms. The molecular formula is C8H11CoN. The van der Waals surface area contributed by atoms with Gasteiger partial charge in [-0.3, -0.25) is 4.98 Å². The molecule has 1 radical (unpaired) electrons. The Hall–Kier alpha value is -0.344. The zero-order valence-corrected chi connectivity index (χ0v) is 7.21. The SMILES string of the molecule is CC(C)c1ccccn1.[Co]. The van der Waals surface area contributed by atoms with E-state index in [1.807, 2.05) is 24.4 Å². The predicted octanol–water partition coefficient (Wildman–Crippen LogP) is 2.20. The summed E-state index contributed by atoms with van der Waals surface area (Å²) in [6, 6.07) is 6.00. The summed E-state index contributed by atoms with van der Waals surface area (Å²) in [7, 11) is 0. The summed E-state index contributed by atoms with van der Waals surface area (Å²) in [6.45, 7) is 4.28. The third-order valence-corrected chi connectivity index (χ3v) is 1.28. The second-order valence-electron chi connectivity index (χ2n) is 2.41. The normalized spacial score (nSPS) is 9.10. The van der Waals surface area contributed by atoms with Crippen molar-refractivity contribution in [1.82, 2.24) is 4.98 Å². The van der Waals surface area contributed by atoms with Crippen molar-refractivity contribution in [3.05, 3.63) is 30.1 Å². The Morgan fingerprint density at radius 2 is 2.00 bits per heavy atom. The molecule has 0 aliphatic heterocycles. The van der Waals surface area contributed by atoms with Crippen molar-refractivity contribution >= 4 is 0 Å². The van der Waals surface area contributed by atoms with E-state index < -0.39 is 0 Å². The molecule has 1 aromatic heterocycles. The Balaban J connectivity index is 0.000000810. The van der Waals surface area contributed by atoms with Crippen LogP contribution in [0.25, 0.3) is 0 Å². The van der Waals surface area contributed by atoms with Gasteiger partial charge in [-0.2, -0.15) is 0 Å². The molecule has 2 heteroatoms. The fourth-order valence-electron chi connectivity index (χ4n) is 0.717. The molecule has 0 aliphatic carbocycles. The van der Waals surface area contributed by atoms with Crippen molar-refractivity contribution in [3.63, 3.8) is 0 Å². The van der Waals surface area contributed by atoms with Crippen LogP contribution in [0, 0.1) is 0 Å². The van der Waals surface area contributed by atoms with Crippen molar-refractivity contribution in [1.29, 1.82) is 0 Å². The molecule has 0 saturated carbocycles. The quantitative estimate of drug-likeness (QED) is 0.645. The summed E-state index contributed by atoms with van der Waals surface area (Å²) in [4.78, 5) is 4.18. The van der Waals surface area contributed by atoms with Gasteiger partial charge in [0.1, 0.15) is 0 Å². The maximum Gasteiger partial charge on any atom is 0.0428 e. The molecule has 1 aromatic rings. The summed E-state index contributed by atoms with van der Waals surface area (Å²) < 4.78 is 0. The van der Waals surface area contributed by atoms with Gasteiger partial charge in [-0.05, 0) is 18.1 Å². The monoisotopic (exact) mass is 180 g/mol. The van der Waals surface area contributed by atoms with Crippen molar-refractivity contribution in [2.75, 3.05) is 0 Å². The first kappa shape index (κ1) is 9.66.